The van der Waals surface area contributed by atoms with Crippen LogP contribution in [0.15, 0.2) is 66.8 Å². The van der Waals surface area contributed by atoms with Crippen molar-refractivity contribution in [2.45, 2.75) is 19.4 Å². The molecule has 1 aromatic carbocycles. The predicted octanol–water partition coefficient (Wildman–Crippen LogP) is 4.03. The van der Waals surface area contributed by atoms with Gasteiger partial charge >= 0.3 is 0 Å². The molecule has 0 aliphatic rings. The summed E-state index contributed by atoms with van der Waals surface area (Å²) in [5.41, 5.74) is 2.43. The zero-order valence-electron chi connectivity index (χ0n) is 10.7. The van der Waals surface area contributed by atoms with Crippen LogP contribution in [0, 0.1) is 0 Å². The Labute approximate surface area is 105 Å². The Balaban J connectivity index is 2.62. The molecule has 1 nitrogen and oxygen atoms in total. The fourth-order valence-corrected chi connectivity index (χ4v) is 1.70. The van der Waals surface area contributed by atoms with E-state index >= 15 is 0 Å². The second kappa shape index (κ2) is 7.64. The van der Waals surface area contributed by atoms with Gasteiger partial charge in [-0.3, -0.25) is 0 Å². The largest absolute Gasteiger partial charge is 0.313 e. The molecule has 0 fully saturated rings. The normalized spacial score (nSPS) is 13.3. The molecule has 0 heterocycles. The molecule has 1 unspecified atom stereocenters. The minimum absolute atomic E-state index is 0.332. The molecule has 0 bridgehead atoms. The highest BCUT2D eigenvalue weighted by atomic mass is 14.9. The number of nitrogens with one attached hydrogen (secondary N) is 1. The van der Waals surface area contributed by atoms with Crippen LogP contribution in [0.4, 0.5) is 0 Å². The molecule has 1 aromatic rings. The zero-order valence-corrected chi connectivity index (χ0v) is 10.7. The summed E-state index contributed by atoms with van der Waals surface area (Å²) in [6, 6.07) is 10.8. The Morgan fingerprint density at radius 1 is 1.29 bits per heavy atom. The van der Waals surface area contributed by atoms with Gasteiger partial charge in [0.25, 0.3) is 0 Å². The van der Waals surface area contributed by atoms with Crippen LogP contribution in [-0.4, -0.2) is 7.05 Å². The summed E-state index contributed by atoms with van der Waals surface area (Å²) >= 11 is 0. The molecule has 1 rings (SSSR count). The summed E-state index contributed by atoms with van der Waals surface area (Å²) in [4.78, 5) is 0. The maximum absolute atomic E-state index is 4.08. The monoisotopic (exact) mass is 227 g/mol. The Kier molecular flexibility index (Phi) is 6.05. The van der Waals surface area contributed by atoms with Crippen LogP contribution in [0.1, 0.15) is 24.9 Å². The Morgan fingerprint density at radius 2 is 2.00 bits per heavy atom. The second-order valence-electron chi connectivity index (χ2n) is 4.00. The third-order valence-corrected chi connectivity index (χ3v) is 2.65. The van der Waals surface area contributed by atoms with Crippen LogP contribution in [0.25, 0.3) is 0 Å². The average molecular weight is 227 g/mol. The SMILES string of the molecule is C=C(/C=C\C=C/C)CC(NC)c1ccccc1. The number of hydrogen-bond donors (Lipinski definition) is 1. The molecule has 0 aliphatic carbocycles. The molecular formula is C16H21N. The third-order valence-electron chi connectivity index (χ3n) is 2.65. The topological polar surface area (TPSA) is 12.0 Å². The van der Waals surface area contributed by atoms with Gasteiger partial charge in [0.2, 0.25) is 0 Å². The lowest BCUT2D eigenvalue weighted by Gasteiger charge is -2.16. The van der Waals surface area contributed by atoms with Crippen molar-refractivity contribution in [3.63, 3.8) is 0 Å². The van der Waals surface area contributed by atoms with Crippen molar-refractivity contribution in [3.05, 3.63) is 72.4 Å². The number of hydrogen-bond acceptors (Lipinski definition) is 1. The molecule has 1 heteroatoms. The van der Waals surface area contributed by atoms with Gasteiger partial charge in [-0.1, -0.05) is 66.8 Å². The van der Waals surface area contributed by atoms with Crippen molar-refractivity contribution in [2.24, 2.45) is 0 Å². The van der Waals surface area contributed by atoms with Crippen molar-refractivity contribution < 1.29 is 0 Å². The standard InChI is InChI=1S/C16H21N/c1-4-5-7-10-14(2)13-16(17-3)15-11-8-6-9-12-15/h4-12,16-17H,2,13H2,1,3H3/b5-4-,10-7-. The third kappa shape index (κ3) is 4.83. The molecule has 0 saturated heterocycles. The van der Waals surface area contributed by atoms with Gasteiger partial charge in [0.05, 0.1) is 0 Å². The summed E-state index contributed by atoms with van der Waals surface area (Å²) in [6.45, 7) is 6.09. The van der Waals surface area contributed by atoms with E-state index in [0.29, 0.717) is 6.04 Å². The molecule has 17 heavy (non-hydrogen) atoms. The highest BCUT2D eigenvalue weighted by molar-refractivity contribution is 5.25. The van der Waals surface area contributed by atoms with Crippen LogP contribution < -0.4 is 5.32 Å². The summed E-state index contributed by atoms with van der Waals surface area (Å²) < 4.78 is 0. The lowest BCUT2D eigenvalue weighted by atomic mass is 9.99. The first-order valence-electron chi connectivity index (χ1n) is 5.97. The van der Waals surface area contributed by atoms with Gasteiger partial charge in [-0.2, -0.15) is 0 Å². The van der Waals surface area contributed by atoms with E-state index in [0.717, 1.165) is 12.0 Å². The Morgan fingerprint density at radius 3 is 2.59 bits per heavy atom. The summed E-state index contributed by atoms with van der Waals surface area (Å²) in [5, 5.41) is 3.33. The molecule has 90 valence electrons. The molecule has 0 saturated carbocycles. The molecule has 1 N–H and O–H groups in total. The minimum atomic E-state index is 0.332. The predicted molar refractivity (Wildman–Crippen MR) is 76.0 cm³/mol. The Hall–Kier alpha value is -1.60. The summed E-state index contributed by atoms with van der Waals surface area (Å²) in [7, 11) is 1.99. The van der Waals surface area contributed by atoms with E-state index in [1.165, 1.54) is 5.56 Å². The van der Waals surface area contributed by atoms with Gasteiger partial charge in [-0.25, -0.2) is 0 Å². The first-order valence-corrected chi connectivity index (χ1v) is 5.97. The van der Waals surface area contributed by atoms with Crippen LogP contribution in [0.3, 0.4) is 0 Å². The molecular weight excluding hydrogens is 206 g/mol. The second-order valence-corrected chi connectivity index (χ2v) is 4.00. The summed E-state index contributed by atoms with van der Waals surface area (Å²) in [6.07, 6.45) is 9.04. The van der Waals surface area contributed by atoms with E-state index < -0.39 is 0 Å². The van der Waals surface area contributed by atoms with E-state index in [9.17, 15) is 0 Å². The Bertz CT molecular complexity index is 387. The van der Waals surface area contributed by atoms with E-state index in [1.807, 2.05) is 38.3 Å². The van der Waals surface area contributed by atoms with Gasteiger partial charge in [0.1, 0.15) is 0 Å². The van der Waals surface area contributed by atoms with Crippen LogP contribution in [0.5, 0.6) is 0 Å². The number of rotatable bonds is 6. The van der Waals surface area contributed by atoms with Crippen molar-refractivity contribution in [2.75, 3.05) is 7.05 Å². The van der Waals surface area contributed by atoms with Crippen LogP contribution in [-0.2, 0) is 0 Å². The lowest BCUT2D eigenvalue weighted by Crippen LogP contribution is -2.16. The van der Waals surface area contributed by atoms with E-state index in [-0.39, 0.29) is 0 Å². The quantitative estimate of drug-likeness (QED) is 0.724. The lowest BCUT2D eigenvalue weighted by molar-refractivity contribution is 0.595. The van der Waals surface area contributed by atoms with E-state index in [4.69, 9.17) is 0 Å². The smallest absolute Gasteiger partial charge is 0.0358 e. The zero-order chi connectivity index (χ0) is 12.5. The number of allylic oxidation sites excluding steroid dienone is 4. The van der Waals surface area contributed by atoms with Gasteiger partial charge in [0.15, 0.2) is 0 Å². The summed E-state index contributed by atoms with van der Waals surface area (Å²) in [5.74, 6) is 0. The van der Waals surface area contributed by atoms with Crippen LogP contribution >= 0.6 is 0 Å². The molecule has 0 spiro atoms. The fourth-order valence-electron chi connectivity index (χ4n) is 1.70. The van der Waals surface area contributed by atoms with Crippen molar-refractivity contribution in [1.29, 1.82) is 0 Å². The molecule has 0 radical (unpaired) electrons. The van der Waals surface area contributed by atoms with Gasteiger partial charge in [-0.05, 0) is 26.0 Å². The van der Waals surface area contributed by atoms with E-state index in [2.05, 4.69) is 42.2 Å². The van der Waals surface area contributed by atoms with Gasteiger partial charge in [0, 0.05) is 6.04 Å². The van der Waals surface area contributed by atoms with Crippen molar-refractivity contribution in [3.8, 4) is 0 Å². The minimum Gasteiger partial charge on any atom is -0.313 e. The van der Waals surface area contributed by atoms with Crippen molar-refractivity contribution >= 4 is 0 Å². The first-order chi connectivity index (χ1) is 8.27. The highest BCUT2D eigenvalue weighted by Gasteiger charge is 2.08. The van der Waals surface area contributed by atoms with Gasteiger partial charge < -0.3 is 5.32 Å². The molecule has 0 aliphatic heterocycles. The maximum atomic E-state index is 4.08. The maximum Gasteiger partial charge on any atom is 0.0358 e. The highest BCUT2D eigenvalue weighted by Crippen LogP contribution is 2.20. The number of benzene rings is 1. The molecule has 0 amide bonds. The first kappa shape index (κ1) is 13.5. The van der Waals surface area contributed by atoms with E-state index in [1.54, 1.807) is 0 Å². The molecule has 0 aromatic heterocycles. The van der Waals surface area contributed by atoms with Crippen LogP contribution in [0.2, 0.25) is 0 Å². The fraction of sp³-hybridized carbons (Fsp3) is 0.250. The van der Waals surface area contributed by atoms with Gasteiger partial charge in [-0.15, -0.1) is 0 Å². The molecule has 1 atom stereocenters. The average Bonchev–Trinajstić information content (AvgIpc) is 2.37. The van der Waals surface area contributed by atoms with Crippen molar-refractivity contribution in [1.82, 2.24) is 5.32 Å².